The number of hydrogen-bond donors (Lipinski definition) is 1. The fraction of sp³-hybridized carbons (Fsp3) is 0.100. The Morgan fingerprint density at radius 2 is 2.00 bits per heavy atom. The highest BCUT2D eigenvalue weighted by Gasteiger charge is 2.05. The average molecular weight is 225 g/mol. The molecular weight excluding hydrogens is 217 g/mol. The van der Waals surface area contributed by atoms with Crippen molar-refractivity contribution in [2.75, 3.05) is 0 Å². The van der Waals surface area contributed by atoms with Gasteiger partial charge in [-0.05, 0) is 17.7 Å². The zero-order valence-electron chi connectivity index (χ0n) is 7.68. The third kappa shape index (κ3) is 2.07. The molecular formula is C10H8FNO2S. The van der Waals surface area contributed by atoms with Crippen LogP contribution in [0.25, 0.3) is 0 Å². The Balaban J connectivity index is 2.29. The number of aromatic nitrogens is 1. The molecule has 15 heavy (non-hydrogen) atoms. The Morgan fingerprint density at radius 3 is 2.53 bits per heavy atom. The Morgan fingerprint density at radius 1 is 1.33 bits per heavy atom. The van der Waals surface area contributed by atoms with Gasteiger partial charge in [-0.1, -0.05) is 23.5 Å². The molecule has 3 nitrogen and oxygen atoms in total. The Kier molecular flexibility index (Phi) is 2.55. The van der Waals surface area contributed by atoms with E-state index in [9.17, 15) is 14.3 Å². The number of benzene rings is 1. The van der Waals surface area contributed by atoms with Gasteiger partial charge in [-0.3, -0.25) is 9.36 Å². The van der Waals surface area contributed by atoms with Gasteiger partial charge >= 0.3 is 4.87 Å². The molecule has 0 fully saturated rings. The first-order chi connectivity index (χ1) is 7.16. The lowest BCUT2D eigenvalue weighted by Crippen LogP contribution is -2.13. The lowest BCUT2D eigenvalue weighted by Gasteiger charge is -2.02. The Bertz CT molecular complexity index is 515. The van der Waals surface area contributed by atoms with Crippen LogP contribution >= 0.6 is 11.3 Å². The van der Waals surface area contributed by atoms with E-state index in [1.54, 1.807) is 12.1 Å². The van der Waals surface area contributed by atoms with Crippen LogP contribution < -0.4 is 4.87 Å². The minimum absolute atomic E-state index is 0.0608. The molecule has 5 heteroatoms. The molecule has 0 saturated carbocycles. The summed E-state index contributed by atoms with van der Waals surface area (Å²) in [7, 11) is 0. The van der Waals surface area contributed by atoms with Crippen LogP contribution in [0.15, 0.2) is 34.4 Å². The molecule has 2 rings (SSSR count). The van der Waals surface area contributed by atoms with Crippen LogP contribution in [-0.4, -0.2) is 9.67 Å². The van der Waals surface area contributed by atoms with Crippen molar-refractivity contribution in [2.24, 2.45) is 0 Å². The summed E-state index contributed by atoms with van der Waals surface area (Å²) in [6.07, 6.45) is 0. The van der Waals surface area contributed by atoms with E-state index in [0.29, 0.717) is 0 Å². The van der Waals surface area contributed by atoms with Crippen LogP contribution in [0.5, 0.6) is 5.88 Å². The maximum absolute atomic E-state index is 12.6. The van der Waals surface area contributed by atoms with Gasteiger partial charge < -0.3 is 5.11 Å². The zero-order chi connectivity index (χ0) is 10.8. The van der Waals surface area contributed by atoms with Gasteiger partial charge in [-0.15, -0.1) is 0 Å². The molecule has 2 aromatic rings. The first-order valence-corrected chi connectivity index (χ1v) is 5.16. The van der Waals surface area contributed by atoms with Crippen molar-refractivity contribution in [1.82, 2.24) is 4.57 Å². The molecule has 0 spiro atoms. The monoisotopic (exact) mass is 225 g/mol. The van der Waals surface area contributed by atoms with Gasteiger partial charge in [-0.25, -0.2) is 4.39 Å². The number of thiazole rings is 1. The molecule has 1 N–H and O–H groups in total. The molecule has 1 heterocycles. The number of aromatic hydroxyl groups is 1. The Hall–Kier alpha value is -1.62. The number of halogens is 1. The van der Waals surface area contributed by atoms with E-state index >= 15 is 0 Å². The number of hydrogen-bond acceptors (Lipinski definition) is 3. The predicted molar refractivity (Wildman–Crippen MR) is 55.7 cm³/mol. The van der Waals surface area contributed by atoms with Crippen molar-refractivity contribution >= 4 is 11.3 Å². The van der Waals surface area contributed by atoms with Crippen molar-refractivity contribution in [2.45, 2.75) is 6.54 Å². The minimum atomic E-state index is -0.319. The minimum Gasteiger partial charge on any atom is -0.494 e. The predicted octanol–water partition coefficient (Wildman–Crippen LogP) is 1.80. The van der Waals surface area contributed by atoms with Gasteiger partial charge in [0.1, 0.15) is 5.82 Å². The summed E-state index contributed by atoms with van der Waals surface area (Å²) in [5, 5.41) is 10.7. The highest BCUT2D eigenvalue weighted by molar-refractivity contribution is 7.07. The molecule has 78 valence electrons. The SMILES string of the molecule is O=c1scc(O)n1Cc1ccc(F)cc1. The number of nitrogens with zero attached hydrogens (tertiary/aromatic N) is 1. The van der Waals surface area contributed by atoms with E-state index in [-0.39, 0.29) is 23.1 Å². The summed E-state index contributed by atoms with van der Waals surface area (Å²) in [4.78, 5) is 11.0. The normalized spacial score (nSPS) is 10.5. The molecule has 0 aliphatic rings. The standard InChI is InChI=1S/C10H8FNO2S/c11-8-3-1-7(2-4-8)5-12-9(13)6-15-10(12)14/h1-4,6,13H,5H2. The largest absolute Gasteiger partial charge is 0.494 e. The van der Waals surface area contributed by atoms with Gasteiger partial charge in [-0.2, -0.15) is 0 Å². The summed E-state index contributed by atoms with van der Waals surface area (Å²) in [6.45, 7) is 0.258. The smallest absolute Gasteiger partial charge is 0.310 e. The third-order valence-corrected chi connectivity index (χ3v) is 2.77. The van der Waals surface area contributed by atoms with Crippen LogP contribution in [0, 0.1) is 5.82 Å². The van der Waals surface area contributed by atoms with E-state index in [2.05, 4.69) is 0 Å². The summed E-state index contributed by atoms with van der Waals surface area (Å²) in [6, 6.07) is 5.81. The topological polar surface area (TPSA) is 42.2 Å². The molecule has 1 aromatic heterocycles. The van der Waals surface area contributed by atoms with Crippen molar-refractivity contribution in [3.05, 3.63) is 50.7 Å². The van der Waals surface area contributed by atoms with E-state index in [4.69, 9.17) is 0 Å². The van der Waals surface area contributed by atoms with Gasteiger partial charge in [0.05, 0.1) is 11.9 Å². The fourth-order valence-electron chi connectivity index (χ4n) is 1.24. The van der Waals surface area contributed by atoms with E-state index in [1.165, 1.54) is 22.1 Å². The van der Waals surface area contributed by atoms with Crippen LogP contribution in [0.3, 0.4) is 0 Å². The molecule has 0 amide bonds. The molecule has 0 unspecified atom stereocenters. The van der Waals surface area contributed by atoms with E-state index in [1.807, 2.05) is 0 Å². The quantitative estimate of drug-likeness (QED) is 0.846. The molecule has 0 radical (unpaired) electrons. The maximum Gasteiger partial charge on any atom is 0.310 e. The lowest BCUT2D eigenvalue weighted by atomic mass is 10.2. The van der Waals surface area contributed by atoms with Crippen LogP contribution in [0.2, 0.25) is 0 Å². The van der Waals surface area contributed by atoms with Crippen molar-refractivity contribution in [1.29, 1.82) is 0 Å². The molecule has 0 bridgehead atoms. The molecule has 0 saturated heterocycles. The Labute approximate surface area is 89.0 Å². The zero-order valence-corrected chi connectivity index (χ0v) is 8.50. The molecule has 0 atom stereocenters. The van der Waals surface area contributed by atoms with Crippen LogP contribution in [0.1, 0.15) is 5.56 Å². The number of rotatable bonds is 2. The van der Waals surface area contributed by atoms with Gasteiger partial charge in [0.25, 0.3) is 0 Å². The van der Waals surface area contributed by atoms with Crippen LogP contribution in [0.4, 0.5) is 4.39 Å². The van der Waals surface area contributed by atoms with Gasteiger partial charge in [0.2, 0.25) is 5.88 Å². The highest BCUT2D eigenvalue weighted by atomic mass is 32.1. The molecule has 1 aromatic carbocycles. The van der Waals surface area contributed by atoms with Crippen molar-refractivity contribution in [3.8, 4) is 5.88 Å². The summed E-state index contributed by atoms with van der Waals surface area (Å²) in [5.41, 5.74) is 0.771. The lowest BCUT2D eigenvalue weighted by molar-refractivity contribution is 0.421. The third-order valence-electron chi connectivity index (χ3n) is 2.02. The summed E-state index contributed by atoms with van der Waals surface area (Å²) < 4.78 is 13.8. The first-order valence-electron chi connectivity index (χ1n) is 4.28. The van der Waals surface area contributed by atoms with Gasteiger partial charge in [0, 0.05) is 0 Å². The first kappa shape index (κ1) is 9.92. The highest BCUT2D eigenvalue weighted by Crippen LogP contribution is 2.12. The van der Waals surface area contributed by atoms with E-state index < -0.39 is 0 Å². The summed E-state index contributed by atoms with van der Waals surface area (Å²) in [5.74, 6) is -0.380. The van der Waals surface area contributed by atoms with Gasteiger partial charge in [0.15, 0.2) is 0 Å². The summed E-state index contributed by atoms with van der Waals surface area (Å²) >= 11 is 0.937. The van der Waals surface area contributed by atoms with Crippen molar-refractivity contribution in [3.63, 3.8) is 0 Å². The fourth-order valence-corrected chi connectivity index (χ4v) is 1.86. The average Bonchev–Trinajstić information content (AvgIpc) is 2.53. The van der Waals surface area contributed by atoms with Crippen LogP contribution in [-0.2, 0) is 6.54 Å². The molecule has 0 aliphatic carbocycles. The molecule has 0 aliphatic heterocycles. The second kappa shape index (κ2) is 3.86. The second-order valence-corrected chi connectivity index (χ2v) is 3.89. The maximum atomic E-state index is 12.6. The second-order valence-electron chi connectivity index (χ2n) is 3.07. The van der Waals surface area contributed by atoms with E-state index in [0.717, 1.165) is 16.9 Å². The van der Waals surface area contributed by atoms with Crippen molar-refractivity contribution < 1.29 is 9.50 Å².